The van der Waals surface area contributed by atoms with Crippen LogP contribution in [0.1, 0.15) is 19.5 Å². The molecule has 0 spiro atoms. The molecule has 2 aromatic rings. The van der Waals surface area contributed by atoms with E-state index in [9.17, 15) is 24.0 Å². The molecule has 1 heterocycles. The average Bonchev–Trinajstić information content (AvgIpc) is 2.73. The molecule has 3 amide bonds. The highest BCUT2D eigenvalue weighted by molar-refractivity contribution is 6.46. The van der Waals surface area contributed by atoms with E-state index in [4.69, 9.17) is 10.5 Å². The highest BCUT2D eigenvalue weighted by atomic mass is 16.5. The number of amides is 3. The molecular formula is C18H15N9O6. The monoisotopic (exact) mass is 453 g/mol. The molecule has 1 aromatic carbocycles. The van der Waals surface area contributed by atoms with E-state index in [1.165, 1.54) is 44.2 Å². The van der Waals surface area contributed by atoms with Gasteiger partial charge in [-0.15, -0.1) is 5.10 Å². The summed E-state index contributed by atoms with van der Waals surface area (Å²) in [4.78, 5) is 60.4. The third-order valence-corrected chi connectivity index (χ3v) is 3.53. The van der Waals surface area contributed by atoms with E-state index in [-0.39, 0.29) is 23.7 Å². The molecule has 33 heavy (non-hydrogen) atoms. The average molecular weight is 453 g/mol. The van der Waals surface area contributed by atoms with Crippen molar-refractivity contribution in [2.45, 2.75) is 13.8 Å². The number of imide groups is 1. The number of alkyl carbamates (subject to hydrolysis) is 1. The van der Waals surface area contributed by atoms with Crippen LogP contribution in [0.5, 0.6) is 0 Å². The second-order valence-corrected chi connectivity index (χ2v) is 5.94. The molecule has 0 unspecified atom stereocenters. The first-order chi connectivity index (χ1) is 15.7. The lowest BCUT2D eigenvalue weighted by Gasteiger charge is -2.11. The van der Waals surface area contributed by atoms with E-state index >= 15 is 0 Å². The maximum absolute atomic E-state index is 12.2. The fourth-order valence-electron chi connectivity index (χ4n) is 2.29. The molecule has 0 radical (unpaired) electrons. The number of nitrogens with one attached hydrogen (secondary N) is 4. The van der Waals surface area contributed by atoms with Crippen LogP contribution in [0.25, 0.3) is 5.69 Å². The second kappa shape index (κ2) is 10.6. The van der Waals surface area contributed by atoms with Crippen molar-refractivity contribution in [2.75, 3.05) is 17.3 Å². The largest absolute Gasteiger partial charge is 0.450 e. The van der Waals surface area contributed by atoms with E-state index in [1.807, 2.05) is 4.98 Å². The van der Waals surface area contributed by atoms with Gasteiger partial charge in [0.25, 0.3) is 11.5 Å². The zero-order chi connectivity index (χ0) is 24.5. The van der Waals surface area contributed by atoms with Crippen LogP contribution in [0.4, 0.5) is 16.2 Å². The van der Waals surface area contributed by atoms with Crippen LogP contribution < -0.4 is 27.3 Å². The van der Waals surface area contributed by atoms with Crippen LogP contribution >= 0.6 is 0 Å². The minimum atomic E-state index is -1.14. The summed E-state index contributed by atoms with van der Waals surface area (Å²) in [5.74, 6) is -1.61. The number of aromatic amines is 1. The van der Waals surface area contributed by atoms with Crippen molar-refractivity contribution in [1.29, 1.82) is 10.5 Å². The fourth-order valence-corrected chi connectivity index (χ4v) is 2.29. The number of hydrazone groups is 1. The molecule has 168 valence electrons. The van der Waals surface area contributed by atoms with Gasteiger partial charge in [0, 0.05) is 12.6 Å². The Kier molecular flexibility index (Phi) is 7.73. The number of hydrogen-bond acceptors (Lipinski definition) is 11. The van der Waals surface area contributed by atoms with Crippen molar-refractivity contribution in [3.8, 4) is 17.8 Å². The molecule has 0 aliphatic carbocycles. The zero-order valence-electron chi connectivity index (χ0n) is 17.1. The SMILES string of the molecule is CCOC(=O)NC(=O)/C(C#N)=N/Nc1cc(NC(C)=O)cc(-n2nc(C#N)c(=O)[nH]c2=O)c1. The van der Waals surface area contributed by atoms with E-state index in [2.05, 4.69) is 25.7 Å². The molecule has 0 aliphatic heterocycles. The molecule has 0 atom stereocenters. The van der Waals surface area contributed by atoms with E-state index in [1.54, 1.807) is 5.32 Å². The number of aromatic nitrogens is 3. The minimum absolute atomic E-state index is 0.000777. The molecule has 0 saturated carbocycles. The Labute approximate surface area is 184 Å². The van der Waals surface area contributed by atoms with Gasteiger partial charge in [0.2, 0.25) is 17.3 Å². The number of nitriles is 2. The minimum Gasteiger partial charge on any atom is -0.450 e. The number of rotatable bonds is 6. The summed E-state index contributed by atoms with van der Waals surface area (Å²) < 4.78 is 5.24. The highest BCUT2D eigenvalue weighted by Crippen LogP contribution is 2.21. The van der Waals surface area contributed by atoms with Crippen LogP contribution in [0.2, 0.25) is 0 Å². The molecule has 0 bridgehead atoms. The number of H-pyrrole nitrogens is 1. The summed E-state index contributed by atoms with van der Waals surface area (Å²) in [5.41, 5.74) is -0.693. The predicted molar refractivity (Wildman–Crippen MR) is 111 cm³/mol. The van der Waals surface area contributed by atoms with Gasteiger partial charge in [-0.05, 0) is 25.1 Å². The molecule has 15 heteroatoms. The predicted octanol–water partition coefficient (Wildman–Crippen LogP) is -0.685. The van der Waals surface area contributed by atoms with Gasteiger partial charge in [0.15, 0.2) is 0 Å². The molecule has 4 N–H and O–H groups in total. The van der Waals surface area contributed by atoms with Gasteiger partial charge in [-0.1, -0.05) is 0 Å². The molecule has 1 aromatic heterocycles. The van der Waals surface area contributed by atoms with Crippen molar-refractivity contribution < 1.29 is 19.1 Å². The summed E-state index contributed by atoms with van der Waals surface area (Å²) >= 11 is 0. The van der Waals surface area contributed by atoms with Crippen molar-refractivity contribution in [3.05, 3.63) is 44.7 Å². The smallest absolute Gasteiger partial charge is 0.414 e. The number of ether oxygens (including phenoxy) is 1. The standard InChI is InChI=1S/C18H15N9O6/c1-3-33-18(32)23-15(29)13(7-19)25-24-11-4-10(21-9(2)28)5-12(6-11)27-17(31)22-16(30)14(8-20)26-27/h4-6,24H,3H2,1-2H3,(H,21,28)(H,22,30,31)(H,23,29,32)/b25-13+. The number of anilines is 2. The van der Waals surface area contributed by atoms with Crippen LogP contribution in [0.3, 0.4) is 0 Å². The Morgan fingerprint density at radius 3 is 2.52 bits per heavy atom. The maximum Gasteiger partial charge on any atom is 0.414 e. The van der Waals surface area contributed by atoms with Crippen molar-refractivity contribution in [3.63, 3.8) is 0 Å². The number of nitrogens with zero attached hydrogens (tertiary/aromatic N) is 5. The first-order valence-electron chi connectivity index (χ1n) is 8.97. The van der Waals surface area contributed by atoms with Crippen LogP contribution in [-0.4, -0.2) is 45.0 Å². The van der Waals surface area contributed by atoms with Gasteiger partial charge in [-0.2, -0.15) is 20.3 Å². The van der Waals surface area contributed by atoms with Crippen LogP contribution in [-0.2, 0) is 14.3 Å². The van der Waals surface area contributed by atoms with Gasteiger partial charge in [-0.25, -0.2) is 9.59 Å². The first kappa shape index (κ1) is 24.0. The summed E-state index contributed by atoms with van der Waals surface area (Å²) in [5, 5.41) is 29.7. The molecule has 0 fully saturated rings. The number of carbonyl (C=O) groups excluding carboxylic acids is 3. The Morgan fingerprint density at radius 1 is 1.21 bits per heavy atom. The van der Waals surface area contributed by atoms with E-state index in [0.717, 1.165) is 0 Å². The van der Waals surface area contributed by atoms with E-state index in [0.29, 0.717) is 4.68 Å². The summed E-state index contributed by atoms with van der Waals surface area (Å²) in [6.07, 6.45) is -1.07. The molecule has 0 aliphatic rings. The number of carbonyl (C=O) groups is 3. The molecule has 15 nitrogen and oxygen atoms in total. The lowest BCUT2D eigenvalue weighted by molar-refractivity contribution is -0.115. The van der Waals surface area contributed by atoms with Crippen molar-refractivity contribution >= 4 is 35.0 Å². The van der Waals surface area contributed by atoms with Gasteiger partial charge < -0.3 is 10.1 Å². The summed E-state index contributed by atoms with van der Waals surface area (Å²) in [7, 11) is 0. The Morgan fingerprint density at radius 2 is 1.91 bits per heavy atom. The number of hydrogen-bond donors (Lipinski definition) is 4. The Bertz CT molecular complexity index is 1340. The molecule has 2 rings (SSSR count). The van der Waals surface area contributed by atoms with Crippen molar-refractivity contribution in [2.24, 2.45) is 5.10 Å². The van der Waals surface area contributed by atoms with Gasteiger partial charge >= 0.3 is 11.8 Å². The highest BCUT2D eigenvalue weighted by Gasteiger charge is 2.16. The number of benzene rings is 1. The van der Waals surface area contributed by atoms with Gasteiger partial charge in [-0.3, -0.25) is 30.1 Å². The van der Waals surface area contributed by atoms with Crippen LogP contribution in [0.15, 0.2) is 32.9 Å². The topological polar surface area (TPSA) is 224 Å². The lowest BCUT2D eigenvalue weighted by Crippen LogP contribution is -2.36. The van der Waals surface area contributed by atoms with Gasteiger partial charge in [0.05, 0.1) is 18.0 Å². The second-order valence-electron chi connectivity index (χ2n) is 5.94. The Hall–Kier alpha value is -5.31. The molecule has 0 saturated heterocycles. The normalized spacial score (nSPS) is 10.4. The van der Waals surface area contributed by atoms with Crippen molar-refractivity contribution in [1.82, 2.24) is 20.1 Å². The first-order valence-corrected chi connectivity index (χ1v) is 8.97. The third kappa shape index (κ3) is 6.33. The third-order valence-electron chi connectivity index (χ3n) is 3.53. The van der Waals surface area contributed by atoms with Crippen LogP contribution in [0, 0.1) is 22.7 Å². The summed E-state index contributed by atoms with van der Waals surface area (Å²) in [6, 6.07) is 6.95. The zero-order valence-corrected chi connectivity index (χ0v) is 17.1. The lowest BCUT2D eigenvalue weighted by atomic mass is 10.2. The maximum atomic E-state index is 12.2. The van der Waals surface area contributed by atoms with E-state index < -0.39 is 40.6 Å². The fraction of sp³-hybridized carbons (Fsp3) is 0.167. The summed E-state index contributed by atoms with van der Waals surface area (Å²) in [6.45, 7) is 2.75. The Balaban J connectivity index is 2.48. The van der Waals surface area contributed by atoms with Gasteiger partial charge in [0.1, 0.15) is 12.1 Å². The quantitative estimate of drug-likeness (QED) is 0.318. The molecular weight excluding hydrogens is 438 g/mol.